The largest absolute Gasteiger partial charge is 0.349 e. The summed E-state index contributed by atoms with van der Waals surface area (Å²) >= 11 is 0. The summed E-state index contributed by atoms with van der Waals surface area (Å²) in [5.41, 5.74) is 0.302. The van der Waals surface area contributed by atoms with Crippen molar-refractivity contribution in [3.05, 3.63) is 29.8 Å². The average Bonchev–Trinajstić information content (AvgIpc) is 2.81. The maximum absolute atomic E-state index is 12.7. The van der Waals surface area contributed by atoms with E-state index in [0.717, 1.165) is 25.7 Å². The van der Waals surface area contributed by atoms with Crippen LogP contribution in [0, 0.1) is 0 Å². The number of amides is 1. The molecule has 6 nitrogen and oxygen atoms in total. The molecule has 1 amide bonds. The first-order valence-electron chi connectivity index (χ1n) is 9.13. The molecule has 144 valence electrons. The van der Waals surface area contributed by atoms with Gasteiger partial charge in [-0.25, -0.2) is 16.8 Å². The molecule has 0 radical (unpaired) electrons. The van der Waals surface area contributed by atoms with E-state index in [-0.39, 0.29) is 34.8 Å². The fraction of sp³-hybridized carbons (Fsp3) is 0.611. The summed E-state index contributed by atoms with van der Waals surface area (Å²) in [4.78, 5) is 12.5. The van der Waals surface area contributed by atoms with Crippen LogP contribution in [0.5, 0.6) is 0 Å². The number of hydrogen-bond acceptors (Lipinski definition) is 5. The van der Waals surface area contributed by atoms with E-state index in [1.165, 1.54) is 25.0 Å². The molecule has 2 aliphatic rings. The highest BCUT2D eigenvalue weighted by molar-refractivity contribution is 7.96. The van der Waals surface area contributed by atoms with Crippen LogP contribution in [0.4, 0.5) is 0 Å². The Morgan fingerprint density at radius 2 is 1.73 bits per heavy atom. The summed E-state index contributed by atoms with van der Waals surface area (Å²) in [5.74, 6) is -0.708. The number of rotatable bonds is 4. The van der Waals surface area contributed by atoms with Gasteiger partial charge in [0, 0.05) is 11.6 Å². The number of sulfone groups is 2. The minimum Gasteiger partial charge on any atom is -0.349 e. The molecular weight excluding hydrogens is 374 g/mol. The quantitative estimate of drug-likeness (QED) is 0.782. The van der Waals surface area contributed by atoms with Crippen molar-refractivity contribution < 1.29 is 21.6 Å². The average molecular weight is 400 g/mol. The zero-order valence-corrected chi connectivity index (χ0v) is 16.3. The molecule has 1 saturated carbocycles. The summed E-state index contributed by atoms with van der Waals surface area (Å²) in [6.45, 7) is 0. The van der Waals surface area contributed by atoms with E-state index in [9.17, 15) is 21.6 Å². The van der Waals surface area contributed by atoms with Crippen molar-refractivity contribution >= 4 is 25.6 Å². The van der Waals surface area contributed by atoms with E-state index in [1.807, 2.05) is 0 Å². The van der Waals surface area contributed by atoms with Gasteiger partial charge in [0.05, 0.1) is 21.7 Å². The summed E-state index contributed by atoms with van der Waals surface area (Å²) in [6.07, 6.45) is 6.57. The van der Waals surface area contributed by atoms with Crippen molar-refractivity contribution in [1.29, 1.82) is 0 Å². The van der Waals surface area contributed by atoms with Crippen molar-refractivity contribution in [2.45, 2.75) is 61.1 Å². The molecule has 26 heavy (non-hydrogen) atoms. The molecule has 1 heterocycles. The Morgan fingerprint density at radius 1 is 1.04 bits per heavy atom. The highest BCUT2D eigenvalue weighted by atomic mass is 32.2. The molecule has 1 aromatic rings. The van der Waals surface area contributed by atoms with Gasteiger partial charge in [0.2, 0.25) is 0 Å². The van der Waals surface area contributed by atoms with Gasteiger partial charge < -0.3 is 5.32 Å². The topological polar surface area (TPSA) is 97.4 Å². The standard InChI is InChI=1S/C18H25NO5S2/c20-18(19-15-7-3-1-2-4-8-15)14-6-5-9-16(12-14)26(23,24)17-10-11-25(21,22)13-17/h5-6,9,12,15,17H,1-4,7-8,10-11,13H2,(H,19,20). The zero-order chi connectivity index (χ0) is 18.8. The monoisotopic (exact) mass is 399 g/mol. The van der Waals surface area contributed by atoms with Gasteiger partial charge in [0.15, 0.2) is 19.7 Å². The van der Waals surface area contributed by atoms with Gasteiger partial charge in [-0.2, -0.15) is 0 Å². The van der Waals surface area contributed by atoms with Crippen LogP contribution in [0.15, 0.2) is 29.2 Å². The first-order chi connectivity index (χ1) is 12.3. The Kier molecular flexibility index (Phi) is 5.72. The third kappa shape index (κ3) is 4.46. The van der Waals surface area contributed by atoms with Crippen LogP contribution in [-0.2, 0) is 19.7 Å². The Hall–Kier alpha value is -1.41. The molecule has 1 N–H and O–H groups in total. The number of hydrogen-bond donors (Lipinski definition) is 1. The normalized spacial score (nSPS) is 24.1. The van der Waals surface area contributed by atoms with Gasteiger partial charge in [-0.05, 0) is 37.5 Å². The Morgan fingerprint density at radius 3 is 2.35 bits per heavy atom. The predicted octanol–water partition coefficient (Wildman–Crippen LogP) is 2.10. The van der Waals surface area contributed by atoms with Crippen LogP contribution < -0.4 is 5.32 Å². The minimum atomic E-state index is -3.76. The number of carbonyl (C=O) groups excluding carboxylic acids is 1. The van der Waals surface area contributed by atoms with Crippen molar-refractivity contribution in [2.24, 2.45) is 0 Å². The number of carbonyl (C=O) groups is 1. The second-order valence-corrected chi connectivity index (χ2v) is 11.7. The van der Waals surface area contributed by atoms with Crippen molar-refractivity contribution in [3.8, 4) is 0 Å². The SMILES string of the molecule is O=C(NC1CCCCCC1)c1cccc(S(=O)(=O)C2CCS(=O)(=O)C2)c1. The molecule has 0 bridgehead atoms. The first-order valence-corrected chi connectivity index (χ1v) is 12.5. The first kappa shape index (κ1) is 19.4. The van der Waals surface area contributed by atoms with E-state index in [1.54, 1.807) is 12.1 Å². The maximum Gasteiger partial charge on any atom is 0.251 e. The second-order valence-electron chi connectivity index (χ2n) is 7.26. The van der Waals surface area contributed by atoms with E-state index in [4.69, 9.17) is 0 Å². The van der Waals surface area contributed by atoms with Crippen LogP contribution in [0.2, 0.25) is 0 Å². The van der Waals surface area contributed by atoms with E-state index < -0.39 is 24.9 Å². The fourth-order valence-corrected chi connectivity index (χ4v) is 8.11. The lowest BCUT2D eigenvalue weighted by Gasteiger charge is -2.17. The summed E-state index contributed by atoms with van der Waals surface area (Å²) in [7, 11) is -7.06. The lowest BCUT2D eigenvalue weighted by molar-refractivity contribution is 0.0933. The van der Waals surface area contributed by atoms with E-state index in [0.29, 0.717) is 5.56 Å². The molecule has 1 atom stereocenters. The van der Waals surface area contributed by atoms with Crippen LogP contribution in [-0.4, -0.2) is 45.5 Å². The molecule has 3 rings (SSSR count). The molecule has 1 saturated heterocycles. The van der Waals surface area contributed by atoms with Gasteiger partial charge in [-0.15, -0.1) is 0 Å². The smallest absolute Gasteiger partial charge is 0.251 e. The van der Waals surface area contributed by atoms with Gasteiger partial charge >= 0.3 is 0 Å². The van der Waals surface area contributed by atoms with Gasteiger partial charge in [-0.3, -0.25) is 4.79 Å². The van der Waals surface area contributed by atoms with Crippen molar-refractivity contribution in [2.75, 3.05) is 11.5 Å². The zero-order valence-electron chi connectivity index (χ0n) is 14.7. The number of benzene rings is 1. The Bertz CT molecular complexity index is 869. The van der Waals surface area contributed by atoms with Crippen LogP contribution in [0.25, 0.3) is 0 Å². The van der Waals surface area contributed by atoms with Gasteiger partial charge in [0.25, 0.3) is 5.91 Å². The molecule has 1 aliphatic heterocycles. The Labute approximate surface area is 155 Å². The van der Waals surface area contributed by atoms with Gasteiger partial charge in [0.1, 0.15) is 0 Å². The lowest BCUT2D eigenvalue weighted by atomic mass is 10.1. The van der Waals surface area contributed by atoms with Crippen LogP contribution in [0.1, 0.15) is 55.3 Å². The third-order valence-corrected chi connectivity index (χ3v) is 9.41. The van der Waals surface area contributed by atoms with E-state index in [2.05, 4.69) is 5.32 Å². The van der Waals surface area contributed by atoms with Crippen LogP contribution >= 0.6 is 0 Å². The highest BCUT2D eigenvalue weighted by Crippen LogP contribution is 2.26. The molecule has 0 aromatic heterocycles. The molecular formula is C18H25NO5S2. The Balaban J connectivity index is 1.76. The maximum atomic E-state index is 12.7. The molecule has 1 unspecified atom stereocenters. The van der Waals surface area contributed by atoms with Crippen molar-refractivity contribution in [1.82, 2.24) is 5.32 Å². The van der Waals surface area contributed by atoms with Crippen molar-refractivity contribution in [3.63, 3.8) is 0 Å². The molecule has 2 fully saturated rings. The molecule has 0 spiro atoms. The predicted molar refractivity (Wildman–Crippen MR) is 99.6 cm³/mol. The van der Waals surface area contributed by atoms with E-state index >= 15 is 0 Å². The minimum absolute atomic E-state index is 0.0214. The second kappa shape index (κ2) is 7.68. The highest BCUT2D eigenvalue weighted by Gasteiger charge is 2.38. The molecule has 1 aliphatic carbocycles. The summed E-state index contributed by atoms with van der Waals surface area (Å²) < 4.78 is 48.7. The molecule has 8 heteroatoms. The van der Waals surface area contributed by atoms with Gasteiger partial charge in [-0.1, -0.05) is 31.7 Å². The van der Waals surface area contributed by atoms with Crippen LogP contribution in [0.3, 0.4) is 0 Å². The number of nitrogens with one attached hydrogen (secondary N) is 1. The fourth-order valence-electron chi connectivity index (χ4n) is 3.70. The molecule has 1 aromatic carbocycles. The summed E-state index contributed by atoms with van der Waals surface area (Å²) in [6, 6.07) is 6.06. The third-order valence-electron chi connectivity index (χ3n) is 5.24. The summed E-state index contributed by atoms with van der Waals surface area (Å²) in [5, 5.41) is 2.08. The lowest BCUT2D eigenvalue weighted by Crippen LogP contribution is -2.34.